The summed E-state index contributed by atoms with van der Waals surface area (Å²) < 4.78 is 11.3. The molecule has 0 saturated carbocycles. The SMILES string of the molecule is COc1cc(/C=N\NC(=O)c2ccccc2C)ccc1OCc1ccccc1. The van der Waals surface area contributed by atoms with Crippen LogP contribution in [0.3, 0.4) is 0 Å². The van der Waals surface area contributed by atoms with Crippen LogP contribution < -0.4 is 14.9 Å². The van der Waals surface area contributed by atoms with Crippen molar-refractivity contribution in [2.75, 3.05) is 7.11 Å². The number of carbonyl (C=O) groups is 1. The number of ether oxygens (including phenoxy) is 2. The highest BCUT2D eigenvalue weighted by atomic mass is 16.5. The number of nitrogens with one attached hydrogen (secondary N) is 1. The molecule has 0 aliphatic rings. The Morgan fingerprint density at radius 3 is 2.50 bits per heavy atom. The predicted molar refractivity (Wildman–Crippen MR) is 110 cm³/mol. The summed E-state index contributed by atoms with van der Waals surface area (Å²) in [6.07, 6.45) is 1.57. The lowest BCUT2D eigenvalue weighted by molar-refractivity contribution is 0.0954. The number of hydrogen-bond donors (Lipinski definition) is 1. The van der Waals surface area contributed by atoms with E-state index in [1.54, 1.807) is 19.4 Å². The molecule has 3 rings (SSSR count). The monoisotopic (exact) mass is 374 g/mol. The van der Waals surface area contributed by atoms with Gasteiger partial charge >= 0.3 is 0 Å². The molecule has 0 aliphatic heterocycles. The Morgan fingerprint density at radius 1 is 1.00 bits per heavy atom. The molecule has 1 amide bonds. The molecular formula is C23H22N2O3. The van der Waals surface area contributed by atoms with Crippen LogP contribution in [0.5, 0.6) is 11.5 Å². The van der Waals surface area contributed by atoms with Gasteiger partial charge in [0.05, 0.1) is 13.3 Å². The second kappa shape index (κ2) is 9.37. The number of carbonyl (C=O) groups excluding carboxylic acids is 1. The van der Waals surface area contributed by atoms with Crippen LogP contribution in [-0.2, 0) is 6.61 Å². The normalized spacial score (nSPS) is 10.6. The first-order valence-corrected chi connectivity index (χ1v) is 8.91. The molecule has 28 heavy (non-hydrogen) atoms. The van der Waals surface area contributed by atoms with E-state index >= 15 is 0 Å². The first-order valence-electron chi connectivity index (χ1n) is 8.91. The van der Waals surface area contributed by atoms with E-state index in [2.05, 4.69) is 10.5 Å². The summed E-state index contributed by atoms with van der Waals surface area (Å²) in [4.78, 5) is 12.2. The highest BCUT2D eigenvalue weighted by Gasteiger charge is 2.07. The molecule has 5 heteroatoms. The molecule has 0 spiro atoms. The zero-order valence-electron chi connectivity index (χ0n) is 15.9. The van der Waals surface area contributed by atoms with Gasteiger partial charge in [-0.3, -0.25) is 4.79 Å². The Kier molecular flexibility index (Phi) is 6.41. The molecule has 142 valence electrons. The maximum atomic E-state index is 12.2. The zero-order chi connectivity index (χ0) is 19.8. The van der Waals surface area contributed by atoms with Crippen LogP contribution in [0.1, 0.15) is 27.0 Å². The highest BCUT2D eigenvalue weighted by Crippen LogP contribution is 2.28. The van der Waals surface area contributed by atoms with Crippen LogP contribution in [0, 0.1) is 6.92 Å². The Labute approximate surface area is 164 Å². The average molecular weight is 374 g/mol. The fraction of sp³-hybridized carbons (Fsp3) is 0.130. The van der Waals surface area contributed by atoms with Gasteiger partial charge in [0.15, 0.2) is 11.5 Å². The standard InChI is InChI=1S/C23H22N2O3/c1-17-8-6-7-11-20(17)23(26)25-24-15-19-12-13-21(22(14-19)27-2)28-16-18-9-4-3-5-10-18/h3-15H,16H2,1-2H3,(H,25,26)/b24-15-. The third kappa shape index (κ3) is 4.98. The quantitative estimate of drug-likeness (QED) is 0.494. The van der Waals surface area contributed by atoms with Gasteiger partial charge in [0, 0.05) is 5.56 Å². The van der Waals surface area contributed by atoms with Gasteiger partial charge in [-0.15, -0.1) is 0 Å². The van der Waals surface area contributed by atoms with Crippen molar-refractivity contribution >= 4 is 12.1 Å². The summed E-state index contributed by atoms with van der Waals surface area (Å²) in [6.45, 7) is 2.34. The lowest BCUT2D eigenvalue weighted by atomic mass is 10.1. The molecule has 0 saturated heterocycles. The van der Waals surface area contributed by atoms with Crippen molar-refractivity contribution in [3.8, 4) is 11.5 Å². The minimum absolute atomic E-state index is 0.246. The van der Waals surface area contributed by atoms with Crippen molar-refractivity contribution in [1.82, 2.24) is 5.43 Å². The smallest absolute Gasteiger partial charge is 0.271 e. The lowest BCUT2D eigenvalue weighted by Gasteiger charge is -2.11. The van der Waals surface area contributed by atoms with E-state index in [1.165, 1.54) is 0 Å². The number of methoxy groups -OCH3 is 1. The van der Waals surface area contributed by atoms with E-state index in [0.29, 0.717) is 23.7 Å². The van der Waals surface area contributed by atoms with E-state index in [0.717, 1.165) is 16.7 Å². The Morgan fingerprint density at radius 2 is 1.75 bits per heavy atom. The highest BCUT2D eigenvalue weighted by molar-refractivity contribution is 5.96. The molecule has 0 bridgehead atoms. The van der Waals surface area contributed by atoms with Crippen LogP contribution >= 0.6 is 0 Å². The van der Waals surface area contributed by atoms with Gasteiger partial charge in [0.2, 0.25) is 0 Å². The fourth-order valence-electron chi connectivity index (χ4n) is 2.67. The van der Waals surface area contributed by atoms with Gasteiger partial charge in [-0.05, 0) is 47.9 Å². The number of nitrogens with zero attached hydrogens (tertiary/aromatic N) is 1. The van der Waals surface area contributed by atoms with Crippen LogP contribution in [0.2, 0.25) is 0 Å². The first-order chi connectivity index (χ1) is 13.7. The number of hydrogen-bond acceptors (Lipinski definition) is 4. The summed E-state index contributed by atoms with van der Waals surface area (Å²) in [6, 6.07) is 22.8. The lowest BCUT2D eigenvalue weighted by Crippen LogP contribution is -2.18. The molecular weight excluding hydrogens is 352 g/mol. The number of benzene rings is 3. The largest absolute Gasteiger partial charge is 0.493 e. The maximum absolute atomic E-state index is 12.2. The maximum Gasteiger partial charge on any atom is 0.271 e. The fourth-order valence-corrected chi connectivity index (χ4v) is 2.67. The second-order valence-corrected chi connectivity index (χ2v) is 6.20. The van der Waals surface area contributed by atoms with Crippen molar-refractivity contribution in [2.45, 2.75) is 13.5 Å². The molecule has 3 aromatic rings. The van der Waals surface area contributed by atoms with E-state index < -0.39 is 0 Å². The van der Waals surface area contributed by atoms with Gasteiger partial charge in [-0.2, -0.15) is 5.10 Å². The van der Waals surface area contributed by atoms with Gasteiger partial charge in [-0.1, -0.05) is 48.5 Å². The summed E-state index contributed by atoms with van der Waals surface area (Å²) in [5.41, 5.74) is 5.91. The van der Waals surface area contributed by atoms with Crippen LogP contribution in [0.25, 0.3) is 0 Å². The summed E-state index contributed by atoms with van der Waals surface area (Å²) >= 11 is 0. The minimum atomic E-state index is -0.246. The van der Waals surface area contributed by atoms with E-state index in [1.807, 2.05) is 73.7 Å². The van der Waals surface area contributed by atoms with Gasteiger partial charge in [0.25, 0.3) is 5.91 Å². The Balaban J connectivity index is 1.63. The first kappa shape index (κ1) is 19.2. The molecule has 0 radical (unpaired) electrons. The van der Waals surface area contributed by atoms with Crippen LogP contribution in [-0.4, -0.2) is 19.2 Å². The van der Waals surface area contributed by atoms with Gasteiger partial charge < -0.3 is 9.47 Å². The van der Waals surface area contributed by atoms with Crippen molar-refractivity contribution < 1.29 is 14.3 Å². The summed E-state index contributed by atoms with van der Waals surface area (Å²) in [5.74, 6) is 1.00. The average Bonchev–Trinajstić information content (AvgIpc) is 2.73. The minimum Gasteiger partial charge on any atom is -0.493 e. The van der Waals surface area contributed by atoms with Gasteiger partial charge in [-0.25, -0.2) is 5.43 Å². The Hall–Kier alpha value is -3.60. The van der Waals surface area contributed by atoms with Crippen LogP contribution in [0.15, 0.2) is 77.9 Å². The van der Waals surface area contributed by atoms with Crippen molar-refractivity contribution in [2.24, 2.45) is 5.10 Å². The van der Waals surface area contributed by atoms with Gasteiger partial charge in [0.1, 0.15) is 6.61 Å². The molecule has 1 N–H and O–H groups in total. The molecule has 0 aliphatic carbocycles. The van der Waals surface area contributed by atoms with E-state index in [-0.39, 0.29) is 5.91 Å². The third-order valence-electron chi connectivity index (χ3n) is 4.19. The molecule has 0 atom stereocenters. The number of rotatable bonds is 7. The van der Waals surface area contributed by atoms with E-state index in [4.69, 9.17) is 9.47 Å². The molecule has 0 unspecified atom stereocenters. The zero-order valence-corrected chi connectivity index (χ0v) is 15.9. The Bertz CT molecular complexity index is 969. The second-order valence-electron chi connectivity index (χ2n) is 6.20. The molecule has 0 fully saturated rings. The topological polar surface area (TPSA) is 59.9 Å². The predicted octanol–water partition coefficient (Wildman–Crippen LogP) is 4.35. The molecule has 3 aromatic carbocycles. The third-order valence-corrected chi connectivity index (χ3v) is 4.19. The van der Waals surface area contributed by atoms with Crippen molar-refractivity contribution in [1.29, 1.82) is 0 Å². The van der Waals surface area contributed by atoms with Crippen molar-refractivity contribution in [3.05, 3.63) is 95.1 Å². The molecule has 5 nitrogen and oxygen atoms in total. The van der Waals surface area contributed by atoms with Crippen molar-refractivity contribution in [3.63, 3.8) is 0 Å². The van der Waals surface area contributed by atoms with E-state index in [9.17, 15) is 4.79 Å². The number of amides is 1. The summed E-state index contributed by atoms with van der Waals surface area (Å²) in [5, 5.41) is 4.04. The summed E-state index contributed by atoms with van der Waals surface area (Å²) in [7, 11) is 1.59. The van der Waals surface area contributed by atoms with Crippen LogP contribution in [0.4, 0.5) is 0 Å². The molecule has 0 heterocycles. The number of hydrazone groups is 1. The molecule has 0 aromatic heterocycles. The number of aryl methyl sites for hydroxylation is 1.